The fourth-order valence-electron chi connectivity index (χ4n) is 1.67. The summed E-state index contributed by atoms with van der Waals surface area (Å²) in [4.78, 5) is 0. The molecule has 0 saturated heterocycles. The average molecular weight is 244 g/mol. The smallest absolute Gasteiger partial charge is 0.174 e. The Morgan fingerprint density at radius 1 is 1.44 bits per heavy atom. The van der Waals surface area contributed by atoms with E-state index >= 15 is 0 Å². The first-order chi connectivity index (χ1) is 8.69. The van der Waals surface area contributed by atoms with Gasteiger partial charge < -0.3 is 10.1 Å². The summed E-state index contributed by atoms with van der Waals surface area (Å²) in [5.74, 6) is 1.23. The van der Waals surface area contributed by atoms with Crippen molar-refractivity contribution in [2.24, 2.45) is 5.92 Å². The molecule has 0 fully saturated rings. The lowest BCUT2D eigenvalue weighted by atomic mass is 10.00. The first-order valence-electron chi connectivity index (χ1n) is 6.13. The maximum Gasteiger partial charge on any atom is 0.174 e. The molecule has 0 radical (unpaired) electrons. The van der Waals surface area contributed by atoms with E-state index in [1.165, 1.54) is 5.57 Å². The monoisotopic (exact) mass is 244 g/mol. The summed E-state index contributed by atoms with van der Waals surface area (Å²) in [6, 6.07) is 9.77. The van der Waals surface area contributed by atoms with E-state index in [0.717, 1.165) is 17.9 Å². The van der Waals surface area contributed by atoms with Crippen LogP contribution in [0, 0.1) is 17.2 Å². The van der Waals surface area contributed by atoms with Crippen LogP contribution in [0.25, 0.3) is 6.08 Å². The lowest BCUT2D eigenvalue weighted by molar-refractivity contribution is 0.367. The van der Waals surface area contributed by atoms with Crippen LogP contribution in [0.1, 0.15) is 19.4 Å². The molecule has 0 atom stereocenters. The van der Waals surface area contributed by atoms with E-state index < -0.39 is 0 Å². The molecular weight excluding hydrogens is 224 g/mol. The van der Waals surface area contributed by atoms with Gasteiger partial charge >= 0.3 is 0 Å². The predicted octanol–water partition coefficient (Wildman–Crippen LogP) is 2.85. The number of likely N-dealkylation sites (N-methyl/N-ethyl adjacent to an activating group) is 1. The van der Waals surface area contributed by atoms with Crippen molar-refractivity contribution in [2.45, 2.75) is 13.8 Å². The summed E-state index contributed by atoms with van der Waals surface area (Å²) in [6.45, 7) is 5.27. The van der Waals surface area contributed by atoms with Crippen LogP contribution in [-0.2, 0) is 0 Å². The van der Waals surface area contributed by atoms with Gasteiger partial charge in [-0.3, -0.25) is 0 Å². The molecule has 0 unspecified atom stereocenters. The van der Waals surface area contributed by atoms with E-state index in [0.29, 0.717) is 5.92 Å². The first-order valence-corrected chi connectivity index (χ1v) is 6.13. The van der Waals surface area contributed by atoms with Crippen LogP contribution in [0.5, 0.6) is 5.75 Å². The molecule has 0 aliphatic heterocycles. The third kappa shape index (κ3) is 4.23. The van der Waals surface area contributed by atoms with Gasteiger partial charge in [-0.1, -0.05) is 43.7 Å². The van der Waals surface area contributed by atoms with Crippen molar-refractivity contribution >= 4 is 6.08 Å². The van der Waals surface area contributed by atoms with Crippen molar-refractivity contribution in [1.82, 2.24) is 5.32 Å². The molecule has 0 aromatic heterocycles. The molecule has 1 N–H and O–H groups in total. The number of rotatable bonds is 6. The van der Waals surface area contributed by atoms with Crippen LogP contribution >= 0.6 is 0 Å². The fourth-order valence-corrected chi connectivity index (χ4v) is 1.67. The summed E-state index contributed by atoms with van der Waals surface area (Å²) in [5, 5.41) is 11.7. The van der Waals surface area contributed by atoms with Crippen LogP contribution < -0.4 is 10.1 Å². The summed E-state index contributed by atoms with van der Waals surface area (Å²) in [7, 11) is 1.94. The second-order valence-corrected chi connectivity index (χ2v) is 4.39. The molecular formula is C15H20N2O. The van der Waals surface area contributed by atoms with Gasteiger partial charge in [0.2, 0.25) is 0 Å². The number of ether oxygens (including phenoxy) is 1. The normalized spacial score (nSPS) is 11.4. The minimum Gasteiger partial charge on any atom is -0.478 e. The van der Waals surface area contributed by atoms with Gasteiger partial charge in [-0.05, 0) is 19.0 Å². The number of nitrogens with one attached hydrogen (secondary N) is 1. The summed E-state index contributed by atoms with van der Waals surface area (Å²) >= 11 is 0. The Morgan fingerprint density at radius 2 is 2.17 bits per heavy atom. The molecule has 1 aromatic carbocycles. The molecule has 3 heteroatoms. The topological polar surface area (TPSA) is 45.0 Å². The van der Waals surface area contributed by atoms with Gasteiger partial charge in [0.15, 0.2) is 6.61 Å². The van der Waals surface area contributed by atoms with Crippen LogP contribution in [-0.4, -0.2) is 20.2 Å². The quantitative estimate of drug-likeness (QED) is 0.837. The Hall–Kier alpha value is -1.79. The second-order valence-electron chi connectivity index (χ2n) is 4.39. The number of hydrogen-bond acceptors (Lipinski definition) is 3. The van der Waals surface area contributed by atoms with Crippen molar-refractivity contribution in [3.8, 4) is 11.8 Å². The molecule has 0 amide bonds. The van der Waals surface area contributed by atoms with Gasteiger partial charge in [-0.15, -0.1) is 0 Å². The summed E-state index contributed by atoms with van der Waals surface area (Å²) < 4.78 is 5.42. The van der Waals surface area contributed by atoms with Gasteiger partial charge in [0.05, 0.1) is 0 Å². The van der Waals surface area contributed by atoms with Gasteiger partial charge in [0, 0.05) is 12.1 Å². The van der Waals surface area contributed by atoms with Crippen LogP contribution in [0.15, 0.2) is 29.8 Å². The molecule has 1 aromatic rings. The minimum atomic E-state index is 0.0773. The molecule has 1 rings (SSSR count). The molecule has 3 nitrogen and oxygen atoms in total. The van der Waals surface area contributed by atoms with E-state index in [1.807, 2.05) is 37.4 Å². The third-order valence-electron chi connectivity index (χ3n) is 2.67. The molecule has 0 spiro atoms. The van der Waals surface area contributed by atoms with E-state index in [4.69, 9.17) is 10.00 Å². The molecule has 0 aliphatic carbocycles. The molecule has 96 valence electrons. The molecule has 0 saturated carbocycles. The zero-order valence-corrected chi connectivity index (χ0v) is 11.2. The average Bonchev–Trinajstić information content (AvgIpc) is 2.37. The Labute approximate surface area is 109 Å². The largest absolute Gasteiger partial charge is 0.478 e. The molecule has 0 heterocycles. The van der Waals surface area contributed by atoms with Crippen LogP contribution in [0.4, 0.5) is 0 Å². The Bertz CT molecular complexity index is 444. The Balaban J connectivity index is 3.00. The van der Waals surface area contributed by atoms with Crippen molar-refractivity contribution in [3.05, 3.63) is 35.4 Å². The lowest BCUT2D eigenvalue weighted by Gasteiger charge is -2.12. The van der Waals surface area contributed by atoms with Gasteiger partial charge in [-0.2, -0.15) is 5.26 Å². The molecule has 18 heavy (non-hydrogen) atoms. The van der Waals surface area contributed by atoms with E-state index in [1.54, 1.807) is 0 Å². The highest BCUT2D eigenvalue weighted by Gasteiger charge is 2.05. The highest BCUT2D eigenvalue weighted by molar-refractivity contribution is 5.60. The maximum atomic E-state index is 8.57. The standard InChI is InChI=1S/C15H20N2O/c1-12(2)14(11-17-3)10-13-6-4-5-7-15(13)18-9-8-16/h4-7,10,12,17H,9,11H2,1-3H3. The maximum absolute atomic E-state index is 8.57. The number of hydrogen-bond donors (Lipinski definition) is 1. The number of benzene rings is 1. The number of para-hydroxylation sites is 1. The van der Waals surface area contributed by atoms with Gasteiger partial charge in [-0.25, -0.2) is 0 Å². The summed E-state index contributed by atoms with van der Waals surface area (Å²) in [6.07, 6.45) is 2.13. The second kappa shape index (κ2) is 7.52. The SMILES string of the molecule is CNCC(=Cc1ccccc1OCC#N)C(C)C. The predicted molar refractivity (Wildman–Crippen MR) is 74.3 cm³/mol. The summed E-state index contributed by atoms with van der Waals surface area (Å²) in [5.41, 5.74) is 2.33. The van der Waals surface area contributed by atoms with E-state index in [9.17, 15) is 0 Å². The third-order valence-corrected chi connectivity index (χ3v) is 2.67. The van der Waals surface area contributed by atoms with E-state index in [2.05, 4.69) is 25.2 Å². The Kier molecular flexibility index (Phi) is 5.96. The van der Waals surface area contributed by atoms with Crippen molar-refractivity contribution in [2.75, 3.05) is 20.2 Å². The van der Waals surface area contributed by atoms with Crippen molar-refractivity contribution in [3.63, 3.8) is 0 Å². The number of nitrogens with zero attached hydrogens (tertiary/aromatic N) is 1. The van der Waals surface area contributed by atoms with Crippen molar-refractivity contribution in [1.29, 1.82) is 5.26 Å². The molecule has 0 bridgehead atoms. The Morgan fingerprint density at radius 3 is 2.78 bits per heavy atom. The van der Waals surface area contributed by atoms with Crippen LogP contribution in [0.3, 0.4) is 0 Å². The highest BCUT2D eigenvalue weighted by atomic mass is 16.5. The lowest BCUT2D eigenvalue weighted by Crippen LogP contribution is -2.14. The minimum absolute atomic E-state index is 0.0773. The zero-order chi connectivity index (χ0) is 13.4. The van der Waals surface area contributed by atoms with Gasteiger partial charge in [0.1, 0.15) is 11.8 Å². The zero-order valence-electron chi connectivity index (χ0n) is 11.2. The van der Waals surface area contributed by atoms with Crippen molar-refractivity contribution < 1.29 is 4.74 Å². The van der Waals surface area contributed by atoms with Crippen LogP contribution in [0.2, 0.25) is 0 Å². The van der Waals surface area contributed by atoms with Gasteiger partial charge in [0.25, 0.3) is 0 Å². The first kappa shape index (κ1) is 14.3. The molecule has 0 aliphatic rings. The number of nitriles is 1. The highest BCUT2D eigenvalue weighted by Crippen LogP contribution is 2.23. The fraction of sp³-hybridized carbons (Fsp3) is 0.400. The van der Waals surface area contributed by atoms with E-state index in [-0.39, 0.29) is 6.61 Å².